The molecule has 4 rings (SSSR count). The second kappa shape index (κ2) is 9.40. The van der Waals surface area contributed by atoms with Crippen LogP contribution in [0.3, 0.4) is 0 Å². The standard InChI is InChI=1S/C26H34N6O4/c1-16-29-30-23(35-16)20(25(2,3)4)28-22(33)19-18-15-31(24(34)36-26(5,6)7)13-14-32(18)21(27-19)17-11-9-8-10-12-17/h8-12,20H,13-15H2,1-7H3,(H,28,33)/t20-/m1/s1. The summed E-state index contributed by atoms with van der Waals surface area (Å²) in [5, 5.41) is 11.1. The minimum atomic E-state index is -0.619. The molecular formula is C26H34N6O4. The SMILES string of the molecule is Cc1nnc([C@@H](NC(=O)c2nc(-c3ccccc3)n3c2CN(C(=O)OC(C)(C)C)CC3)C(C)(C)C)o1. The van der Waals surface area contributed by atoms with Gasteiger partial charge in [0.1, 0.15) is 17.5 Å². The van der Waals surface area contributed by atoms with Crippen LogP contribution < -0.4 is 5.32 Å². The molecule has 192 valence electrons. The zero-order valence-electron chi connectivity index (χ0n) is 22.0. The number of hydrogen-bond donors (Lipinski definition) is 1. The predicted molar refractivity (Wildman–Crippen MR) is 133 cm³/mol. The van der Waals surface area contributed by atoms with Gasteiger partial charge in [-0.25, -0.2) is 9.78 Å². The Hall–Kier alpha value is -3.69. The summed E-state index contributed by atoms with van der Waals surface area (Å²) < 4.78 is 13.2. The third kappa shape index (κ3) is 5.42. The van der Waals surface area contributed by atoms with Crippen LogP contribution in [-0.4, -0.2) is 48.8 Å². The molecule has 0 spiro atoms. The van der Waals surface area contributed by atoms with Crippen molar-refractivity contribution in [2.24, 2.45) is 5.41 Å². The van der Waals surface area contributed by atoms with Crippen molar-refractivity contribution >= 4 is 12.0 Å². The Morgan fingerprint density at radius 2 is 1.75 bits per heavy atom. The lowest BCUT2D eigenvalue weighted by molar-refractivity contribution is 0.0198. The molecule has 1 atom stereocenters. The number of imidazole rings is 1. The fraction of sp³-hybridized carbons (Fsp3) is 0.500. The number of benzene rings is 1. The highest BCUT2D eigenvalue weighted by atomic mass is 16.6. The molecule has 0 fully saturated rings. The van der Waals surface area contributed by atoms with E-state index >= 15 is 0 Å². The van der Waals surface area contributed by atoms with Gasteiger partial charge in [0.25, 0.3) is 5.91 Å². The van der Waals surface area contributed by atoms with E-state index in [1.165, 1.54) is 0 Å². The molecule has 1 aliphatic rings. The molecule has 1 N–H and O–H groups in total. The number of nitrogens with one attached hydrogen (secondary N) is 1. The van der Waals surface area contributed by atoms with Crippen LogP contribution in [-0.2, 0) is 17.8 Å². The highest BCUT2D eigenvalue weighted by Gasteiger charge is 2.36. The summed E-state index contributed by atoms with van der Waals surface area (Å²) in [5.41, 5.74) is 0.778. The van der Waals surface area contributed by atoms with Crippen molar-refractivity contribution < 1.29 is 18.7 Å². The molecule has 2 amide bonds. The van der Waals surface area contributed by atoms with E-state index in [1.807, 2.05) is 76.4 Å². The Morgan fingerprint density at radius 1 is 1.06 bits per heavy atom. The maximum Gasteiger partial charge on any atom is 0.410 e. The first-order chi connectivity index (χ1) is 16.8. The van der Waals surface area contributed by atoms with E-state index in [9.17, 15) is 9.59 Å². The van der Waals surface area contributed by atoms with Crippen molar-refractivity contribution in [3.05, 3.63) is 53.5 Å². The molecule has 3 aromatic rings. The van der Waals surface area contributed by atoms with Crippen LogP contribution in [0.5, 0.6) is 0 Å². The van der Waals surface area contributed by atoms with Gasteiger partial charge in [0, 0.05) is 25.6 Å². The molecular weight excluding hydrogens is 460 g/mol. The average molecular weight is 495 g/mol. The quantitative estimate of drug-likeness (QED) is 0.567. The highest BCUT2D eigenvalue weighted by Crippen LogP contribution is 2.33. The molecule has 36 heavy (non-hydrogen) atoms. The number of aromatic nitrogens is 4. The Bertz CT molecular complexity index is 1250. The molecule has 1 aromatic carbocycles. The number of fused-ring (bicyclic) bond motifs is 1. The molecule has 2 aromatic heterocycles. The Balaban J connectivity index is 1.71. The van der Waals surface area contributed by atoms with Gasteiger partial charge >= 0.3 is 6.09 Å². The van der Waals surface area contributed by atoms with Crippen LogP contribution in [0.4, 0.5) is 4.79 Å². The fourth-order valence-electron chi connectivity index (χ4n) is 4.12. The van der Waals surface area contributed by atoms with Crippen molar-refractivity contribution in [1.29, 1.82) is 0 Å². The van der Waals surface area contributed by atoms with Crippen LogP contribution >= 0.6 is 0 Å². The summed E-state index contributed by atoms with van der Waals surface area (Å²) in [5.74, 6) is 1.07. The lowest BCUT2D eigenvalue weighted by atomic mass is 9.86. The number of aryl methyl sites for hydroxylation is 1. The molecule has 0 saturated heterocycles. The van der Waals surface area contributed by atoms with Crippen molar-refractivity contribution in [3.63, 3.8) is 0 Å². The largest absolute Gasteiger partial charge is 0.444 e. The third-order valence-electron chi connectivity index (χ3n) is 5.84. The topological polar surface area (TPSA) is 115 Å². The maximum atomic E-state index is 13.7. The lowest BCUT2D eigenvalue weighted by Crippen LogP contribution is -2.42. The number of carbonyl (C=O) groups is 2. The Kier molecular flexibility index (Phi) is 6.64. The predicted octanol–water partition coefficient (Wildman–Crippen LogP) is 4.51. The molecule has 0 saturated carbocycles. The van der Waals surface area contributed by atoms with Gasteiger partial charge in [-0.05, 0) is 26.2 Å². The number of ether oxygens (including phenoxy) is 1. The van der Waals surface area contributed by atoms with Gasteiger partial charge < -0.3 is 23.9 Å². The van der Waals surface area contributed by atoms with Crippen molar-refractivity contribution in [3.8, 4) is 11.4 Å². The lowest BCUT2D eigenvalue weighted by Gasteiger charge is -2.32. The number of hydrogen-bond acceptors (Lipinski definition) is 7. The molecule has 10 nitrogen and oxygen atoms in total. The Morgan fingerprint density at radius 3 is 2.33 bits per heavy atom. The number of amides is 2. The van der Waals surface area contributed by atoms with Gasteiger partial charge in [0.15, 0.2) is 5.69 Å². The van der Waals surface area contributed by atoms with Gasteiger partial charge in [0.05, 0.1) is 12.2 Å². The minimum Gasteiger partial charge on any atom is -0.444 e. The van der Waals surface area contributed by atoms with Gasteiger partial charge in [-0.3, -0.25) is 4.79 Å². The van der Waals surface area contributed by atoms with Crippen molar-refractivity contribution in [2.75, 3.05) is 6.54 Å². The summed E-state index contributed by atoms with van der Waals surface area (Å²) in [6, 6.07) is 9.17. The van der Waals surface area contributed by atoms with Gasteiger partial charge in [0.2, 0.25) is 11.8 Å². The van der Waals surface area contributed by atoms with Crippen LogP contribution in [0.15, 0.2) is 34.7 Å². The molecule has 10 heteroatoms. The number of nitrogens with zero attached hydrogens (tertiary/aromatic N) is 5. The van der Waals surface area contributed by atoms with E-state index in [-0.39, 0.29) is 18.1 Å². The second-order valence-corrected chi connectivity index (χ2v) is 11.1. The van der Waals surface area contributed by atoms with Gasteiger partial charge in [-0.15, -0.1) is 10.2 Å². The summed E-state index contributed by atoms with van der Waals surface area (Å²) >= 11 is 0. The third-order valence-corrected chi connectivity index (χ3v) is 5.84. The maximum absolute atomic E-state index is 13.7. The van der Waals surface area contributed by atoms with Crippen molar-refractivity contribution in [1.82, 2.24) is 30.0 Å². The Labute approximate surface area is 211 Å². The molecule has 0 aliphatic carbocycles. The molecule has 1 aliphatic heterocycles. The van der Waals surface area contributed by atoms with Crippen molar-refractivity contribution in [2.45, 2.75) is 73.2 Å². The minimum absolute atomic E-state index is 0.206. The van der Waals surface area contributed by atoms with E-state index < -0.39 is 23.2 Å². The van der Waals surface area contributed by atoms with Crippen LogP contribution in [0.25, 0.3) is 11.4 Å². The van der Waals surface area contributed by atoms with E-state index in [4.69, 9.17) is 14.1 Å². The number of carbonyl (C=O) groups excluding carboxylic acids is 2. The summed E-state index contributed by atoms with van der Waals surface area (Å²) in [6.07, 6.45) is -0.420. The zero-order valence-corrected chi connectivity index (χ0v) is 22.0. The van der Waals surface area contributed by atoms with E-state index in [0.717, 1.165) is 5.56 Å². The first kappa shape index (κ1) is 25.4. The van der Waals surface area contributed by atoms with E-state index in [2.05, 4.69) is 15.5 Å². The highest BCUT2D eigenvalue weighted by molar-refractivity contribution is 5.94. The van der Waals surface area contributed by atoms with Crippen LogP contribution in [0, 0.1) is 12.3 Å². The summed E-state index contributed by atoms with van der Waals surface area (Å²) in [4.78, 5) is 32.9. The number of rotatable bonds is 4. The summed E-state index contributed by atoms with van der Waals surface area (Å²) in [6.45, 7) is 14.3. The van der Waals surface area contributed by atoms with Gasteiger partial charge in [-0.2, -0.15) is 0 Å². The first-order valence-corrected chi connectivity index (χ1v) is 12.1. The van der Waals surface area contributed by atoms with Crippen LogP contribution in [0.1, 0.15) is 75.5 Å². The molecule has 3 heterocycles. The molecule has 0 bridgehead atoms. The summed E-state index contributed by atoms with van der Waals surface area (Å²) in [7, 11) is 0. The normalized spacial score (nSPS) is 14.8. The van der Waals surface area contributed by atoms with Crippen LogP contribution in [0.2, 0.25) is 0 Å². The van der Waals surface area contributed by atoms with Gasteiger partial charge in [-0.1, -0.05) is 51.1 Å². The van der Waals surface area contributed by atoms with E-state index in [0.29, 0.717) is 36.4 Å². The second-order valence-electron chi connectivity index (χ2n) is 11.1. The first-order valence-electron chi connectivity index (χ1n) is 12.1. The molecule has 0 unspecified atom stereocenters. The fourth-order valence-corrected chi connectivity index (χ4v) is 4.12. The van der Waals surface area contributed by atoms with E-state index in [1.54, 1.807) is 11.8 Å². The smallest absolute Gasteiger partial charge is 0.410 e. The zero-order chi connectivity index (χ0) is 26.3. The monoisotopic (exact) mass is 494 g/mol. The molecule has 0 radical (unpaired) electrons. The average Bonchev–Trinajstić information content (AvgIpc) is 3.39.